The van der Waals surface area contributed by atoms with Crippen LogP contribution < -0.4 is 4.74 Å². The molecule has 0 aliphatic heterocycles. The Labute approximate surface area is 118 Å². The summed E-state index contributed by atoms with van der Waals surface area (Å²) in [5.41, 5.74) is 1.80. The summed E-state index contributed by atoms with van der Waals surface area (Å²) in [7, 11) is 1.49. The van der Waals surface area contributed by atoms with Crippen LogP contribution in [0.25, 0.3) is 6.08 Å². The molecule has 3 nitrogen and oxygen atoms in total. The zero-order chi connectivity index (χ0) is 14.4. The predicted octanol–water partition coefficient (Wildman–Crippen LogP) is 3.23. The van der Waals surface area contributed by atoms with Gasteiger partial charge in [0.1, 0.15) is 0 Å². The van der Waals surface area contributed by atoms with Gasteiger partial charge in [0.25, 0.3) is 0 Å². The summed E-state index contributed by atoms with van der Waals surface area (Å²) < 4.78 is 5.02. The maximum atomic E-state index is 11.8. The molecule has 0 atom stereocenters. The third-order valence-corrected chi connectivity index (χ3v) is 2.89. The van der Waals surface area contributed by atoms with Crippen molar-refractivity contribution in [2.75, 3.05) is 7.11 Å². The Bertz CT molecular complexity index is 615. The minimum absolute atomic E-state index is 0.0308. The summed E-state index contributed by atoms with van der Waals surface area (Å²) in [6.45, 7) is 0. The molecule has 102 valence electrons. The Balaban J connectivity index is 2.04. The zero-order valence-electron chi connectivity index (χ0n) is 11.2. The van der Waals surface area contributed by atoms with Gasteiger partial charge in [0.15, 0.2) is 17.3 Å². The highest BCUT2D eigenvalue weighted by Crippen LogP contribution is 2.26. The summed E-state index contributed by atoms with van der Waals surface area (Å²) in [5.74, 6) is 0.506. The van der Waals surface area contributed by atoms with Crippen molar-refractivity contribution in [1.29, 1.82) is 0 Å². The molecule has 0 saturated carbocycles. The number of carbonyl (C=O) groups is 1. The maximum absolute atomic E-state index is 11.8. The number of phenols is 1. The number of rotatable bonds is 5. The Morgan fingerprint density at radius 2 is 1.95 bits per heavy atom. The summed E-state index contributed by atoms with van der Waals surface area (Å²) >= 11 is 0. The molecule has 0 aliphatic carbocycles. The number of phenolic OH excluding ortho intramolecular Hbond substituents is 1. The molecule has 0 aliphatic rings. The first-order chi connectivity index (χ1) is 9.69. The first-order valence-corrected chi connectivity index (χ1v) is 6.31. The summed E-state index contributed by atoms with van der Waals surface area (Å²) in [4.78, 5) is 11.8. The van der Waals surface area contributed by atoms with E-state index in [1.54, 1.807) is 30.4 Å². The highest BCUT2D eigenvalue weighted by atomic mass is 16.5. The largest absolute Gasteiger partial charge is 0.504 e. The Kier molecular flexibility index (Phi) is 4.56. The van der Waals surface area contributed by atoms with E-state index in [2.05, 4.69) is 0 Å². The molecule has 2 aromatic carbocycles. The first-order valence-electron chi connectivity index (χ1n) is 6.31. The van der Waals surface area contributed by atoms with Crippen LogP contribution in [-0.4, -0.2) is 18.0 Å². The van der Waals surface area contributed by atoms with Gasteiger partial charge in [-0.05, 0) is 29.3 Å². The normalized spacial score (nSPS) is 10.7. The number of ketones is 1. The summed E-state index contributed by atoms with van der Waals surface area (Å²) in [6, 6.07) is 14.6. The third kappa shape index (κ3) is 3.72. The molecule has 0 heterocycles. The smallest absolute Gasteiger partial charge is 0.161 e. The van der Waals surface area contributed by atoms with Gasteiger partial charge in [-0.3, -0.25) is 4.79 Å². The lowest BCUT2D eigenvalue weighted by atomic mass is 10.1. The van der Waals surface area contributed by atoms with Crippen LogP contribution in [0.2, 0.25) is 0 Å². The lowest BCUT2D eigenvalue weighted by Crippen LogP contribution is -1.97. The zero-order valence-corrected chi connectivity index (χ0v) is 11.2. The molecule has 1 N–H and O–H groups in total. The van der Waals surface area contributed by atoms with Crippen LogP contribution in [0.4, 0.5) is 0 Å². The number of methoxy groups -OCH3 is 1. The van der Waals surface area contributed by atoms with E-state index >= 15 is 0 Å². The van der Waals surface area contributed by atoms with Gasteiger partial charge in [0, 0.05) is 6.42 Å². The van der Waals surface area contributed by atoms with Gasteiger partial charge in [-0.2, -0.15) is 0 Å². The van der Waals surface area contributed by atoms with Crippen LogP contribution in [0.15, 0.2) is 54.6 Å². The fraction of sp³-hybridized carbons (Fsp3) is 0.118. The van der Waals surface area contributed by atoms with E-state index in [-0.39, 0.29) is 11.5 Å². The predicted molar refractivity (Wildman–Crippen MR) is 78.8 cm³/mol. The topological polar surface area (TPSA) is 46.5 Å². The molecule has 3 heteroatoms. The quantitative estimate of drug-likeness (QED) is 0.847. The monoisotopic (exact) mass is 268 g/mol. The molecule has 0 unspecified atom stereocenters. The molecule has 2 rings (SSSR count). The van der Waals surface area contributed by atoms with E-state index in [0.717, 1.165) is 11.1 Å². The van der Waals surface area contributed by atoms with E-state index in [9.17, 15) is 9.90 Å². The average molecular weight is 268 g/mol. The van der Waals surface area contributed by atoms with Crippen LogP contribution in [-0.2, 0) is 11.2 Å². The van der Waals surface area contributed by atoms with Crippen LogP contribution in [0.3, 0.4) is 0 Å². The molecule has 0 aromatic heterocycles. The lowest BCUT2D eigenvalue weighted by molar-refractivity contribution is -0.113. The minimum atomic E-state index is 0.0308. The standard InChI is InChI=1S/C17H16O3/c1-20-17-12-14(8-10-16(17)19)7-9-15(18)11-13-5-3-2-4-6-13/h2-10,12,19H,11H2,1H3. The SMILES string of the molecule is COc1cc(C=CC(=O)Cc2ccccc2)ccc1O. The number of benzene rings is 2. The third-order valence-electron chi connectivity index (χ3n) is 2.89. The molecule has 0 amide bonds. The number of carbonyl (C=O) groups excluding carboxylic acids is 1. The van der Waals surface area contributed by atoms with Crippen molar-refractivity contribution in [2.24, 2.45) is 0 Å². The van der Waals surface area contributed by atoms with Gasteiger partial charge >= 0.3 is 0 Å². The van der Waals surface area contributed by atoms with Crippen LogP contribution in [0, 0.1) is 0 Å². The molecular formula is C17H16O3. The van der Waals surface area contributed by atoms with Crippen molar-refractivity contribution in [1.82, 2.24) is 0 Å². The van der Waals surface area contributed by atoms with Crippen molar-refractivity contribution in [2.45, 2.75) is 6.42 Å². The summed E-state index contributed by atoms with van der Waals surface area (Å²) in [6.07, 6.45) is 3.64. The second kappa shape index (κ2) is 6.57. The highest BCUT2D eigenvalue weighted by molar-refractivity contribution is 5.95. The number of aromatic hydroxyl groups is 1. The van der Waals surface area contributed by atoms with Gasteiger partial charge in [-0.1, -0.05) is 42.5 Å². The van der Waals surface area contributed by atoms with Gasteiger partial charge in [0.2, 0.25) is 0 Å². The minimum Gasteiger partial charge on any atom is -0.504 e. The molecule has 2 aromatic rings. The molecule has 0 saturated heterocycles. The van der Waals surface area contributed by atoms with E-state index in [0.29, 0.717) is 12.2 Å². The lowest BCUT2D eigenvalue weighted by Gasteiger charge is -2.03. The molecular weight excluding hydrogens is 252 g/mol. The van der Waals surface area contributed by atoms with Gasteiger partial charge in [-0.15, -0.1) is 0 Å². The number of ether oxygens (including phenoxy) is 1. The second-order valence-corrected chi connectivity index (χ2v) is 4.39. The van der Waals surface area contributed by atoms with E-state index in [4.69, 9.17) is 4.74 Å². The van der Waals surface area contributed by atoms with Crippen LogP contribution in [0.1, 0.15) is 11.1 Å². The number of allylic oxidation sites excluding steroid dienone is 1. The fourth-order valence-corrected chi connectivity index (χ4v) is 1.84. The average Bonchev–Trinajstić information content (AvgIpc) is 2.47. The molecule has 20 heavy (non-hydrogen) atoms. The van der Waals surface area contributed by atoms with Crippen molar-refractivity contribution >= 4 is 11.9 Å². The highest BCUT2D eigenvalue weighted by Gasteiger charge is 2.02. The van der Waals surface area contributed by atoms with Crippen LogP contribution in [0.5, 0.6) is 11.5 Å². The van der Waals surface area contributed by atoms with Gasteiger partial charge in [-0.25, -0.2) is 0 Å². The Hall–Kier alpha value is -2.55. The van der Waals surface area contributed by atoms with Crippen molar-refractivity contribution < 1.29 is 14.6 Å². The second-order valence-electron chi connectivity index (χ2n) is 4.39. The molecule has 0 radical (unpaired) electrons. The number of hydrogen-bond donors (Lipinski definition) is 1. The van der Waals surface area contributed by atoms with Crippen molar-refractivity contribution in [3.8, 4) is 11.5 Å². The van der Waals surface area contributed by atoms with E-state index in [1.807, 2.05) is 30.3 Å². The van der Waals surface area contributed by atoms with Crippen molar-refractivity contribution in [3.63, 3.8) is 0 Å². The number of hydrogen-bond acceptors (Lipinski definition) is 3. The molecule has 0 bridgehead atoms. The van der Waals surface area contributed by atoms with Gasteiger partial charge < -0.3 is 9.84 Å². The van der Waals surface area contributed by atoms with E-state index < -0.39 is 0 Å². The summed E-state index contributed by atoms with van der Waals surface area (Å²) in [5, 5.41) is 9.49. The molecule has 0 spiro atoms. The van der Waals surface area contributed by atoms with Crippen LogP contribution >= 0.6 is 0 Å². The van der Waals surface area contributed by atoms with E-state index in [1.165, 1.54) is 7.11 Å². The van der Waals surface area contributed by atoms with Gasteiger partial charge in [0.05, 0.1) is 7.11 Å². The first kappa shape index (κ1) is 13.9. The maximum Gasteiger partial charge on any atom is 0.161 e. The molecule has 0 fully saturated rings. The fourth-order valence-electron chi connectivity index (χ4n) is 1.84. The van der Waals surface area contributed by atoms with Crippen molar-refractivity contribution in [3.05, 3.63) is 65.7 Å². The Morgan fingerprint density at radius 1 is 1.20 bits per heavy atom. The Morgan fingerprint density at radius 3 is 2.65 bits per heavy atom.